The number of carbonyl (C=O) groups excluding carboxylic acids is 1. The molecule has 0 heterocycles. The molecule has 0 fully saturated rings. The third-order valence-corrected chi connectivity index (χ3v) is 5.27. The highest BCUT2D eigenvalue weighted by atomic mass is 32.1. The topological polar surface area (TPSA) is 40.9 Å². The zero-order chi connectivity index (χ0) is 17.6. The van der Waals surface area contributed by atoms with Crippen molar-refractivity contribution in [3.05, 3.63) is 0 Å². The molecule has 0 radical (unpaired) electrons. The standard InChI is InChI=1S/C19H33NOS2/c1-3-4-5-6-7-8-9-10-11-12-17(15-22)19(2,16-20)14-13-18(21)23/h15,17H,3-14H2,1-2H3,(H,21,23). The van der Waals surface area contributed by atoms with Gasteiger partial charge in [-0.3, -0.25) is 4.79 Å². The number of hydrogen-bond donors (Lipinski definition) is 1. The molecular weight excluding hydrogens is 322 g/mol. The van der Waals surface area contributed by atoms with E-state index in [1.807, 2.05) is 6.92 Å². The second-order valence-electron chi connectivity index (χ2n) is 6.78. The smallest absolute Gasteiger partial charge is 0.185 e. The number of thiol groups is 1. The highest BCUT2D eigenvalue weighted by Crippen LogP contribution is 2.35. The van der Waals surface area contributed by atoms with Crippen LogP contribution in [-0.2, 0) is 4.79 Å². The third-order valence-electron chi connectivity index (χ3n) is 4.71. The molecule has 0 aliphatic carbocycles. The van der Waals surface area contributed by atoms with E-state index in [4.69, 9.17) is 12.2 Å². The first kappa shape index (κ1) is 22.6. The molecular formula is C19H33NOS2. The monoisotopic (exact) mass is 355 g/mol. The van der Waals surface area contributed by atoms with Gasteiger partial charge >= 0.3 is 0 Å². The van der Waals surface area contributed by atoms with E-state index in [0.29, 0.717) is 12.8 Å². The number of rotatable bonds is 15. The van der Waals surface area contributed by atoms with Crippen LogP contribution in [0.1, 0.15) is 90.9 Å². The zero-order valence-corrected chi connectivity index (χ0v) is 16.6. The van der Waals surface area contributed by atoms with E-state index in [1.165, 1.54) is 51.4 Å². The van der Waals surface area contributed by atoms with Gasteiger partial charge in [-0.15, -0.1) is 12.6 Å². The van der Waals surface area contributed by atoms with Crippen molar-refractivity contribution in [3.8, 4) is 6.07 Å². The molecule has 2 unspecified atom stereocenters. The maximum atomic E-state index is 11.1. The molecule has 132 valence electrons. The van der Waals surface area contributed by atoms with Crippen molar-refractivity contribution < 1.29 is 4.79 Å². The number of carbonyl (C=O) groups is 1. The number of nitriles is 1. The second-order valence-corrected chi connectivity index (χ2v) is 7.55. The molecule has 2 atom stereocenters. The first-order chi connectivity index (χ1) is 11.0. The van der Waals surface area contributed by atoms with Crippen molar-refractivity contribution >= 4 is 35.3 Å². The first-order valence-electron chi connectivity index (χ1n) is 9.08. The quantitative estimate of drug-likeness (QED) is 0.213. The summed E-state index contributed by atoms with van der Waals surface area (Å²) >= 11 is 8.95. The summed E-state index contributed by atoms with van der Waals surface area (Å²) in [5.41, 5.74) is -0.541. The molecule has 0 saturated carbocycles. The number of hydrogen-bond acceptors (Lipinski definition) is 3. The van der Waals surface area contributed by atoms with Gasteiger partial charge in [-0.1, -0.05) is 76.9 Å². The van der Waals surface area contributed by atoms with Gasteiger partial charge in [0.1, 0.15) is 0 Å². The Bertz CT molecular complexity index is 378. The van der Waals surface area contributed by atoms with Crippen LogP contribution in [0.2, 0.25) is 0 Å². The van der Waals surface area contributed by atoms with Crippen LogP contribution >= 0.6 is 24.8 Å². The summed E-state index contributed by atoms with van der Waals surface area (Å²) < 4.78 is 0. The minimum atomic E-state index is -0.541. The van der Waals surface area contributed by atoms with E-state index in [9.17, 15) is 10.1 Å². The fraction of sp³-hybridized carbons (Fsp3) is 0.842. The Morgan fingerprint density at radius 1 is 1.17 bits per heavy atom. The van der Waals surface area contributed by atoms with Gasteiger partial charge in [-0.05, 0) is 25.1 Å². The lowest BCUT2D eigenvalue weighted by atomic mass is 9.73. The van der Waals surface area contributed by atoms with E-state index in [-0.39, 0.29) is 11.0 Å². The molecule has 0 saturated heterocycles. The van der Waals surface area contributed by atoms with Gasteiger partial charge in [0.05, 0.1) is 11.5 Å². The summed E-state index contributed by atoms with van der Waals surface area (Å²) in [6, 6.07) is 2.38. The Kier molecular flexibility index (Phi) is 13.7. The van der Waals surface area contributed by atoms with Crippen LogP contribution in [0.4, 0.5) is 0 Å². The molecule has 0 aromatic heterocycles. The molecule has 4 heteroatoms. The summed E-state index contributed by atoms with van der Waals surface area (Å²) in [6.45, 7) is 4.17. The predicted octanol–water partition coefficient (Wildman–Crippen LogP) is 6.29. The van der Waals surface area contributed by atoms with Gasteiger partial charge < -0.3 is 0 Å². The molecule has 23 heavy (non-hydrogen) atoms. The lowest BCUT2D eigenvalue weighted by Crippen LogP contribution is -2.27. The highest BCUT2D eigenvalue weighted by molar-refractivity contribution is 7.96. The number of nitrogens with zero attached hydrogens (tertiary/aromatic N) is 1. The molecule has 2 nitrogen and oxygen atoms in total. The van der Waals surface area contributed by atoms with Gasteiger partial charge in [0.2, 0.25) is 0 Å². The van der Waals surface area contributed by atoms with Crippen LogP contribution < -0.4 is 0 Å². The summed E-state index contributed by atoms with van der Waals surface area (Å²) in [5, 5.41) is 11.1. The Morgan fingerprint density at radius 2 is 1.70 bits per heavy atom. The summed E-state index contributed by atoms with van der Waals surface area (Å²) in [7, 11) is 0. The van der Waals surface area contributed by atoms with E-state index in [0.717, 1.165) is 12.8 Å². The minimum absolute atomic E-state index is 0.0831. The molecule has 0 aromatic carbocycles. The predicted molar refractivity (Wildman–Crippen MR) is 106 cm³/mol. The maximum absolute atomic E-state index is 11.1. The average molecular weight is 356 g/mol. The first-order valence-corrected chi connectivity index (χ1v) is 10.0. The zero-order valence-electron chi connectivity index (χ0n) is 14.9. The van der Waals surface area contributed by atoms with Crippen molar-refractivity contribution in [3.63, 3.8) is 0 Å². The third kappa shape index (κ3) is 10.9. The van der Waals surface area contributed by atoms with Gasteiger partial charge in [0.15, 0.2) is 5.12 Å². The van der Waals surface area contributed by atoms with Gasteiger partial charge in [0, 0.05) is 12.3 Å². The van der Waals surface area contributed by atoms with E-state index in [2.05, 4.69) is 25.6 Å². The fourth-order valence-electron chi connectivity index (χ4n) is 2.90. The molecule has 0 rings (SSSR count). The molecule has 0 spiro atoms. The Labute approximate surface area is 153 Å². The summed E-state index contributed by atoms with van der Waals surface area (Å²) in [4.78, 5) is 11.1. The molecule has 0 aromatic rings. The SMILES string of the molecule is CCCCCCCCCCCC(C=S)C(C)(C#N)CCC(=O)S. The Morgan fingerprint density at radius 3 is 2.13 bits per heavy atom. The van der Waals surface area contributed by atoms with Crippen LogP contribution in [0.25, 0.3) is 0 Å². The number of thiocarbonyl (C=S) groups is 1. The lowest BCUT2D eigenvalue weighted by molar-refractivity contribution is -0.111. The molecule has 0 N–H and O–H groups in total. The lowest BCUT2D eigenvalue weighted by Gasteiger charge is -2.28. The van der Waals surface area contributed by atoms with Crippen LogP contribution in [0.5, 0.6) is 0 Å². The van der Waals surface area contributed by atoms with Crippen molar-refractivity contribution in [2.45, 2.75) is 90.9 Å². The molecule has 0 aliphatic heterocycles. The van der Waals surface area contributed by atoms with Crippen molar-refractivity contribution in [1.29, 1.82) is 5.26 Å². The van der Waals surface area contributed by atoms with Crippen LogP contribution in [0.15, 0.2) is 0 Å². The summed E-state index contributed by atoms with van der Waals surface area (Å²) in [6.07, 6.45) is 13.5. The Balaban J connectivity index is 3.97. The van der Waals surface area contributed by atoms with E-state index < -0.39 is 5.41 Å². The van der Waals surface area contributed by atoms with Crippen LogP contribution in [0.3, 0.4) is 0 Å². The normalized spacial score (nSPS) is 14.7. The van der Waals surface area contributed by atoms with Crippen molar-refractivity contribution in [1.82, 2.24) is 0 Å². The van der Waals surface area contributed by atoms with Gasteiger partial charge in [0.25, 0.3) is 0 Å². The molecule has 0 bridgehead atoms. The fourth-order valence-corrected chi connectivity index (χ4v) is 3.45. The van der Waals surface area contributed by atoms with Gasteiger partial charge in [-0.25, -0.2) is 0 Å². The van der Waals surface area contributed by atoms with Crippen LogP contribution in [0, 0.1) is 22.7 Å². The summed E-state index contributed by atoms with van der Waals surface area (Å²) in [5.74, 6) is 0.0831. The largest absolute Gasteiger partial charge is 0.288 e. The van der Waals surface area contributed by atoms with Crippen LogP contribution in [-0.4, -0.2) is 10.5 Å². The molecule has 0 aliphatic rings. The van der Waals surface area contributed by atoms with E-state index >= 15 is 0 Å². The van der Waals surface area contributed by atoms with Gasteiger partial charge in [-0.2, -0.15) is 5.26 Å². The number of unbranched alkanes of at least 4 members (excludes halogenated alkanes) is 8. The maximum Gasteiger partial charge on any atom is 0.185 e. The Hall–Kier alpha value is -0.400. The van der Waals surface area contributed by atoms with Crippen molar-refractivity contribution in [2.75, 3.05) is 0 Å². The van der Waals surface area contributed by atoms with Crippen molar-refractivity contribution in [2.24, 2.45) is 11.3 Å². The molecule has 0 amide bonds. The average Bonchev–Trinajstić information content (AvgIpc) is 2.54. The highest BCUT2D eigenvalue weighted by Gasteiger charge is 2.32. The minimum Gasteiger partial charge on any atom is -0.288 e. The second kappa shape index (κ2) is 14.0. The van der Waals surface area contributed by atoms with E-state index in [1.54, 1.807) is 5.37 Å².